The molecule has 1 saturated heterocycles. The van der Waals surface area contributed by atoms with Crippen LogP contribution < -0.4 is 11.1 Å². The molecule has 0 radical (unpaired) electrons. The molecule has 3 N–H and O–H groups in total. The van der Waals surface area contributed by atoms with E-state index in [1.54, 1.807) is 0 Å². The Hall–Kier alpha value is -0.890. The number of anilines is 1. The predicted molar refractivity (Wildman–Crippen MR) is 65.3 cm³/mol. The molecule has 0 unspecified atom stereocenters. The highest BCUT2D eigenvalue weighted by Gasteiger charge is 2.28. The van der Waals surface area contributed by atoms with Gasteiger partial charge in [0.15, 0.2) is 0 Å². The molecule has 0 saturated carbocycles. The van der Waals surface area contributed by atoms with Crippen molar-refractivity contribution in [1.82, 2.24) is 14.6 Å². The van der Waals surface area contributed by atoms with Gasteiger partial charge < -0.3 is 11.1 Å². The highest BCUT2D eigenvalue weighted by atomic mass is 35.5. The van der Waals surface area contributed by atoms with Gasteiger partial charge in [0.1, 0.15) is 10.7 Å². The summed E-state index contributed by atoms with van der Waals surface area (Å²) in [4.78, 5) is 3.74. The van der Waals surface area contributed by atoms with E-state index in [-0.39, 0.29) is 15.7 Å². The average molecular weight is 277 g/mol. The van der Waals surface area contributed by atoms with Gasteiger partial charge in [0.05, 0.1) is 5.02 Å². The van der Waals surface area contributed by atoms with Crippen molar-refractivity contribution in [3.63, 3.8) is 0 Å². The number of nitrogen functional groups attached to an aromatic ring is 1. The van der Waals surface area contributed by atoms with Crippen LogP contribution in [0, 0.1) is 0 Å². The van der Waals surface area contributed by atoms with Crippen LogP contribution in [0.25, 0.3) is 0 Å². The molecule has 8 heteroatoms. The fourth-order valence-electron chi connectivity index (χ4n) is 1.66. The number of nitrogens with two attached hydrogens (primary N) is 1. The Bertz CT molecular complexity index is 514. The van der Waals surface area contributed by atoms with Crippen LogP contribution in [0.2, 0.25) is 5.02 Å². The highest BCUT2D eigenvalue weighted by molar-refractivity contribution is 7.89. The Balaban J connectivity index is 2.40. The first-order chi connectivity index (χ1) is 8.01. The summed E-state index contributed by atoms with van der Waals surface area (Å²) in [6.45, 7) is 2.11. The molecular formula is C9H13ClN4O2S. The van der Waals surface area contributed by atoms with Crippen molar-refractivity contribution in [1.29, 1.82) is 0 Å². The van der Waals surface area contributed by atoms with Gasteiger partial charge >= 0.3 is 0 Å². The highest BCUT2D eigenvalue weighted by Crippen LogP contribution is 2.23. The summed E-state index contributed by atoms with van der Waals surface area (Å²) in [5.74, 6) is -0.0204. The monoisotopic (exact) mass is 276 g/mol. The van der Waals surface area contributed by atoms with Gasteiger partial charge in [-0.1, -0.05) is 11.6 Å². The van der Waals surface area contributed by atoms with Crippen LogP contribution in [-0.2, 0) is 10.0 Å². The van der Waals surface area contributed by atoms with Gasteiger partial charge in [-0.2, -0.15) is 4.31 Å². The van der Waals surface area contributed by atoms with Crippen LogP contribution in [0.1, 0.15) is 0 Å². The van der Waals surface area contributed by atoms with Crippen LogP contribution >= 0.6 is 11.6 Å². The second-order valence-electron chi connectivity index (χ2n) is 3.69. The summed E-state index contributed by atoms with van der Waals surface area (Å²) in [6.07, 6.45) is 1.33. The lowest BCUT2D eigenvalue weighted by atomic mass is 10.4. The molecule has 0 aliphatic carbocycles. The van der Waals surface area contributed by atoms with E-state index in [0.717, 1.165) is 0 Å². The molecule has 0 amide bonds. The lowest BCUT2D eigenvalue weighted by molar-refractivity contribution is 0.360. The molecule has 0 bridgehead atoms. The van der Waals surface area contributed by atoms with E-state index >= 15 is 0 Å². The van der Waals surface area contributed by atoms with Gasteiger partial charge in [-0.3, -0.25) is 0 Å². The number of hydrogen-bond acceptors (Lipinski definition) is 5. The third-order valence-electron chi connectivity index (χ3n) is 2.54. The average Bonchev–Trinajstić information content (AvgIpc) is 2.33. The number of halogens is 1. The third-order valence-corrected chi connectivity index (χ3v) is 4.68. The molecule has 1 aliphatic heterocycles. The van der Waals surface area contributed by atoms with Gasteiger partial charge in [-0.15, -0.1) is 0 Å². The molecule has 0 atom stereocenters. The van der Waals surface area contributed by atoms with Crippen LogP contribution in [0.15, 0.2) is 17.2 Å². The Labute approximate surface area is 105 Å². The zero-order chi connectivity index (χ0) is 12.5. The number of rotatable bonds is 2. The molecule has 2 rings (SSSR count). The minimum absolute atomic E-state index is 0.0204. The maximum Gasteiger partial charge on any atom is 0.246 e. The summed E-state index contributed by atoms with van der Waals surface area (Å²) < 4.78 is 25.9. The van der Waals surface area contributed by atoms with Crippen molar-refractivity contribution in [2.24, 2.45) is 0 Å². The van der Waals surface area contributed by atoms with Crippen LogP contribution in [0.3, 0.4) is 0 Å². The Morgan fingerprint density at radius 2 is 2.06 bits per heavy atom. The van der Waals surface area contributed by atoms with Crippen LogP contribution in [-0.4, -0.2) is 43.9 Å². The number of piperazine rings is 1. The van der Waals surface area contributed by atoms with Crippen LogP contribution in [0.5, 0.6) is 0 Å². The van der Waals surface area contributed by atoms with E-state index in [2.05, 4.69) is 10.3 Å². The molecule has 17 heavy (non-hydrogen) atoms. The zero-order valence-electron chi connectivity index (χ0n) is 9.06. The van der Waals surface area contributed by atoms with E-state index in [1.165, 1.54) is 16.6 Å². The van der Waals surface area contributed by atoms with Crippen molar-refractivity contribution >= 4 is 27.4 Å². The van der Waals surface area contributed by atoms with E-state index in [9.17, 15) is 8.42 Å². The summed E-state index contributed by atoms with van der Waals surface area (Å²) in [5, 5.41) is 3.34. The predicted octanol–water partition coefficient (Wildman–Crippen LogP) is -0.0889. The van der Waals surface area contributed by atoms with Crippen molar-refractivity contribution in [2.75, 3.05) is 31.9 Å². The minimum atomic E-state index is -3.59. The SMILES string of the molecule is Nc1ncc(Cl)cc1S(=O)(=O)N1CCNCC1. The number of aromatic nitrogens is 1. The molecule has 0 spiro atoms. The van der Waals surface area contributed by atoms with Crippen molar-refractivity contribution in [2.45, 2.75) is 4.90 Å². The molecular weight excluding hydrogens is 264 g/mol. The van der Waals surface area contributed by atoms with E-state index in [1.807, 2.05) is 0 Å². The largest absolute Gasteiger partial charge is 0.383 e. The number of sulfonamides is 1. The molecule has 6 nitrogen and oxygen atoms in total. The quantitative estimate of drug-likeness (QED) is 0.788. The van der Waals surface area contributed by atoms with Crippen molar-refractivity contribution in [3.8, 4) is 0 Å². The first-order valence-corrected chi connectivity index (χ1v) is 6.95. The smallest absolute Gasteiger partial charge is 0.246 e. The van der Waals surface area contributed by atoms with Crippen molar-refractivity contribution < 1.29 is 8.42 Å². The second-order valence-corrected chi connectivity index (χ2v) is 6.03. The van der Waals surface area contributed by atoms with E-state index < -0.39 is 10.0 Å². The first kappa shape index (κ1) is 12.6. The standard InChI is InChI=1S/C9H13ClN4O2S/c10-7-5-8(9(11)13-6-7)17(15,16)14-3-1-12-2-4-14/h5-6,12H,1-4H2,(H2,11,13). The Morgan fingerprint density at radius 3 is 2.71 bits per heavy atom. The number of hydrogen-bond donors (Lipinski definition) is 2. The van der Waals surface area contributed by atoms with Gasteiger partial charge in [0.25, 0.3) is 0 Å². The second kappa shape index (κ2) is 4.77. The Kier molecular flexibility index (Phi) is 3.53. The summed E-state index contributed by atoms with van der Waals surface area (Å²) in [7, 11) is -3.59. The molecule has 2 heterocycles. The van der Waals surface area contributed by atoms with Gasteiger partial charge in [0, 0.05) is 32.4 Å². The minimum Gasteiger partial charge on any atom is -0.383 e. The normalized spacial score (nSPS) is 18.2. The van der Waals surface area contributed by atoms with E-state index in [0.29, 0.717) is 26.2 Å². The number of nitrogens with one attached hydrogen (secondary N) is 1. The summed E-state index contributed by atoms with van der Waals surface area (Å²) >= 11 is 5.75. The first-order valence-electron chi connectivity index (χ1n) is 5.14. The molecule has 0 aromatic carbocycles. The molecule has 94 valence electrons. The topological polar surface area (TPSA) is 88.3 Å². The maximum atomic E-state index is 12.3. The number of nitrogens with zero attached hydrogens (tertiary/aromatic N) is 2. The fraction of sp³-hybridized carbons (Fsp3) is 0.444. The molecule has 1 aliphatic rings. The summed E-state index contributed by atoms with van der Waals surface area (Å²) in [6, 6.07) is 1.33. The lowest BCUT2D eigenvalue weighted by Crippen LogP contribution is -2.46. The fourth-order valence-corrected chi connectivity index (χ4v) is 3.42. The number of pyridine rings is 1. The zero-order valence-corrected chi connectivity index (χ0v) is 10.6. The van der Waals surface area contributed by atoms with E-state index in [4.69, 9.17) is 17.3 Å². The lowest BCUT2D eigenvalue weighted by Gasteiger charge is -2.26. The van der Waals surface area contributed by atoms with Crippen molar-refractivity contribution in [3.05, 3.63) is 17.3 Å². The maximum absolute atomic E-state index is 12.3. The van der Waals surface area contributed by atoms with Gasteiger partial charge in [-0.05, 0) is 6.07 Å². The summed E-state index contributed by atoms with van der Waals surface area (Å²) in [5.41, 5.74) is 5.59. The Morgan fingerprint density at radius 1 is 1.41 bits per heavy atom. The van der Waals surface area contributed by atoms with Crippen LogP contribution in [0.4, 0.5) is 5.82 Å². The van der Waals surface area contributed by atoms with Gasteiger partial charge in [0.2, 0.25) is 10.0 Å². The molecule has 1 aromatic heterocycles. The third kappa shape index (κ3) is 2.52. The molecule has 1 fully saturated rings. The molecule has 1 aromatic rings. The van der Waals surface area contributed by atoms with Gasteiger partial charge in [-0.25, -0.2) is 13.4 Å².